The molecule has 1 fully saturated rings. The van der Waals surface area contributed by atoms with E-state index in [0.717, 1.165) is 15.7 Å². The summed E-state index contributed by atoms with van der Waals surface area (Å²) < 4.78 is 7.91. The fraction of sp³-hybridized carbons (Fsp3) is 0.346. The van der Waals surface area contributed by atoms with Gasteiger partial charge in [-0.1, -0.05) is 0 Å². The molecule has 0 saturated carbocycles. The van der Waals surface area contributed by atoms with Crippen LogP contribution in [0, 0.1) is 0 Å². The summed E-state index contributed by atoms with van der Waals surface area (Å²) in [6, 6.07) is 20.2. The van der Waals surface area contributed by atoms with Crippen LogP contribution in [0.5, 0.6) is 0 Å². The first-order valence-corrected chi connectivity index (χ1v) is 12.7. The molecule has 1 aliphatic rings. The summed E-state index contributed by atoms with van der Waals surface area (Å²) in [6.45, 7) is 5.72. The van der Waals surface area contributed by atoms with Gasteiger partial charge in [0, 0.05) is 0 Å². The van der Waals surface area contributed by atoms with Gasteiger partial charge < -0.3 is 0 Å². The van der Waals surface area contributed by atoms with E-state index in [0.29, 0.717) is 6.42 Å². The quantitative estimate of drug-likeness (QED) is 0.491. The first kappa shape index (κ1) is 23.3. The molecule has 2 aromatic carbocycles. The fourth-order valence-electron chi connectivity index (χ4n) is 4.25. The summed E-state index contributed by atoms with van der Waals surface area (Å²) >= 11 is -0.243. The maximum absolute atomic E-state index is 14.2. The Bertz CT molecular complexity index is 1080. The molecule has 2 atom stereocenters. The second kappa shape index (κ2) is 9.16. The van der Waals surface area contributed by atoms with Crippen molar-refractivity contribution in [3.05, 3.63) is 84.4 Å². The average Bonchev–Trinajstić information content (AvgIpc) is 3.30. The number of hydrogen-bond acceptors (Lipinski definition) is 4. The van der Waals surface area contributed by atoms with E-state index in [-0.39, 0.29) is 33.3 Å². The third-order valence-corrected chi connectivity index (χ3v) is 8.81. The minimum atomic E-state index is -0.791. The molecule has 0 N–H and O–H groups in total. The van der Waals surface area contributed by atoms with E-state index in [1.807, 2.05) is 87.1 Å². The van der Waals surface area contributed by atoms with Gasteiger partial charge in [0.2, 0.25) is 0 Å². The monoisotopic (exact) mass is 511 g/mol. The predicted octanol–water partition coefficient (Wildman–Crippen LogP) is 3.71. The number of ether oxygens (including phenoxy) is 1. The zero-order valence-electron chi connectivity index (χ0n) is 19.4. The number of likely N-dealkylation sites (tertiary alicyclic amines) is 1. The summed E-state index contributed by atoms with van der Waals surface area (Å²) in [7, 11) is 1.94. The minimum absolute atomic E-state index is 0.171. The summed E-state index contributed by atoms with van der Waals surface area (Å²) in [5.74, 6) is -0.374. The Morgan fingerprint density at radius 3 is 2.33 bits per heavy atom. The number of imidazole rings is 1. The second-order valence-electron chi connectivity index (χ2n) is 9.35. The predicted molar refractivity (Wildman–Crippen MR) is 129 cm³/mol. The number of amides is 2. The number of carbonyl (C=O) groups excluding carboxylic acids is 2. The zero-order chi connectivity index (χ0) is 23.6. The van der Waals surface area contributed by atoms with Gasteiger partial charge in [0.25, 0.3) is 0 Å². The molecular formula is C26H29N3O3Se. The number of imide groups is 1. The van der Waals surface area contributed by atoms with Gasteiger partial charge in [-0.05, 0) is 0 Å². The maximum atomic E-state index is 14.2. The van der Waals surface area contributed by atoms with Crippen molar-refractivity contribution in [2.45, 2.75) is 43.0 Å². The van der Waals surface area contributed by atoms with Crippen LogP contribution in [0.4, 0.5) is 4.79 Å². The molecular weight excluding hydrogens is 481 g/mol. The van der Waals surface area contributed by atoms with Gasteiger partial charge in [0.05, 0.1) is 0 Å². The summed E-state index contributed by atoms with van der Waals surface area (Å²) in [4.78, 5) is 33.0. The molecule has 1 saturated heterocycles. The van der Waals surface area contributed by atoms with Crippen molar-refractivity contribution in [3.8, 4) is 0 Å². The van der Waals surface area contributed by atoms with Crippen LogP contribution in [0.1, 0.15) is 37.9 Å². The van der Waals surface area contributed by atoms with Crippen LogP contribution in [-0.4, -0.2) is 53.6 Å². The number of carbonyl (C=O) groups is 2. The van der Waals surface area contributed by atoms with Gasteiger partial charge in [0.1, 0.15) is 0 Å². The van der Waals surface area contributed by atoms with E-state index in [2.05, 4.69) is 17.1 Å². The first-order chi connectivity index (χ1) is 15.7. The summed E-state index contributed by atoms with van der Waals surface area (Å²) in [5.41, 5.74) is 1.33. The van der Waals surface area contributed by atoms with Crippen molar-refractivity contribution in [1.82, 2.24) is 14.5 Å². The molecule has 2 heterocycles. The molecule has 1 aliphatic heterocycles. The Balaban J connectivity index is 1.84. The molecule has 3 aromatic rings. The molecule has 0 bridgehead atoms. The number of nitrogens with zero attached hydrogens (tertiary/aromatic N) is 3. The van der Waals surface area contributed by atoms with Gasteiger partial charge in [-0.3, -0.25) is 0 Å². The van der Waals surface area contributed by atoms with Crippen molar-refractivity contribution < 1.29 is 14.3 Å². The van der Waals surface area contributed by atoms with Crippen molar-refractivity contribution in [2.75, 3.05) is 6.54 Å². The molecule has 4 rings (SSSR count). The molecule has 33 heavy (non-hydrogen) atoms. The van der Waals surface area contributed by atoms with Crippen molar-refractivity contribution in [2.24, 2.45) is 7.05 Å². The van der Waals surface area contributed by atoms with Crippen LogP contribution in [0.3, 0.4) is 0 Å². The summed E-state index contributed by atoms with van der Waals surface area (Å²) in [6.07, 6.45) is 3.52. The van der Waals surface area contributed by atoms with E-state index in [1.54, 1.807) is 6.33 Å². The van der Waals surface area contributed by atoms with Crippen molar-refractivity contribution in [3.63, 3.8) is 0 Å². The normalized spacial score (nSPS) is 20.8. The Kier molecular flexibility index (Phi) is 6.46. The Morgan fingerprint density at radius 2 is 1.76 bits per heavy atom. The number of benzene rings is 2. The Morgan fingerprint density at radius 1 is 1.12 bits per heavy atom. The van der Waals surface area contributed by atoms with E-state index in [1.165, 1.54) is 4.90 Å². The van der Waals surface area contributed by atoms with Gasteiger partial charge in [-0.15, -0.1) is 0 Å². The average molecular weight is 510 g/mol. The molecule has 7 heteroatoms. The third kappa shape index (κ3) is 4.89. The molecule has 172 valence electrons. The number of aromatic nitrogens is 2. The second-order valence-corrected chi connectivity index (χ2v) is 12.3. The summed E-state index contributed by atoms with van der Waals surface area (Å²) in [5, 5.41) is 0. The van der Waals surface area contributed by atoms with Crippen LogP contribution in [-0.2, 0) is 23.0 Å². The third-order valence-electron chi connectivity index (χ3n) is 5.71. The number of rotatable bonds is 5. The van der Waals surface area contributed by atoms with Crippen LogP contribution in [0.25, 0.3) is 0 Å². The molecule has 0 aliphatic carbocycles. The van der Waals surface area contributed by atoms with E-state index in [9.17, 15) is 9.59 Å². The topological polar surface area (TPSA) is 64.4 Å². The van der Waals surface area contributed by atoms with Crippen molar-refractivity contribution >= 4 is 31.4 Å². The van der Waals surface area contributed by atoms with E-state index in [4.69, 9.17) is 4.74 Å². The fourth-order valence-corrected chi connectivity index (χ4v) is 7.37. The standard InChI is InChI=1S/C26H29N3O3Se/c1-25(2,3)32-24(31)29-17-21(22-16-27-18-28(22)4)26(23(29)30,15-19-11-7-5-8-12-19)33-20-13-9-6-10-14-20/h5-14,16,18,21H,15,17H2,1-4H3/t21-,26-/m0/s1. The number of hydrogen-bond donors (Lipinski definition) is 0. The number of aryl methyl sites for hydroxylation is 1. The Labute approximate surface area is 201 Å². The van der Waals surface area contributed by atoms with Gasteiger partial charge >= 0.3 is 201 Å². The molecule has 0 unspecified atom stereocenters. The molecule has 0 radical (unpaired) electrons. The van der Waals surface area contributed by atoms with Gasteiger partial charge in [-0.2, -0.15) is 0 Å². The van der Waals surface area contributed by atoms with Crippen LogP contribution >= 0.6 is 0 Å². The SMILES string of the molecule is Cn1cncc1[C@@H]1CN(C(=O)OC(C)(C)C)C(=O)[C@@]1(Cc1ccccc1)[Se]c1ccccc1. The van der Waals surface area contributed by atoms with Crippen molar-refractivity contribution in [1.29, 1.82) is 0 Å². The Hall–Kier alpha value is -2.89. The van der Waals surface area contributed by atoms with E-state index >= 15 is 0 Å². The van der Waals surface area contributed by atoms with Gasteiger partial charge in [-0.25, -0.2) is 0 Å². The van der Waals surface area contributed by atoms with Gasteiger partial charge in [0.15, 0.2) is 0 Å². The molecule has 1 aromatic heterocycles. The van der Waals surface area contributed by atoms with Crippen LogP contribution in [0.15, 0.2) is 73.2 Å². The molecule has 0 spiro atoms. The zero-order valence-corrected chi connectivity index (χ0v) is 21.1. The molecule has 6 nitrogen and oxygen atoms in total. The van der Waals surface area contributed by atoms with Crippen LogP contribution in [0.2, 0.25) is 4.31 Å². The molecule has 2 amide bonds. The van der Waals surface area contributed by atoms with E-state index < -0.39 is 16.0 Å². The van der Waals surface area contributed by atoms with Crippen LogP contribution < -0.4 is 4.46 Å². The first-order valence-electron chi connectivity index (χ1n) is 11.0.